The summed E-state index contributed by atoms with van der Waals surface area (Å²) >= 11 is 0. The van der Waals surface area contributed by atoms with Gasteiger partial charge in [0.1, 0.15) is 5.82 Å². The highest BCUT2D eigenvalue weighted by atomic mass is 16.5. The first kappa shape index (κ1) is 16.0. The van der Waals surface area contributed by atoms with Crippen molar-refractivity contribution in [3.8, 4) is 22.9 Å². The molecule has 0 spiro atoms. The number of nitrogens with zero attached hydrogens (tertiary/aromatic N) is 1. The molecule has 6 nitrogen and oxygen atoms in total. The number of rotatable bonds is 7. The Hall–Kier alpha value is -2.34. The van der Waals surface area contributed by atoms with Crippen molar-refractivity contribution >= 4 is 0 Å². The molecule has 0 fully saturated rings. The van der Waals surface area contributed by atoms with Crippen molar-refractivity contribution in [3.63, 3.8) is 0 Å². The average molecular weight is 303 g/mol. The fourth-order valence-electron chi connectivity index (χ4n) is 2.20. The zero-order valence-electron chi connectivity index (χ0n) is 12.9. The van der Waals surface area contributed by atoms with E-state index in [9.17, 15) is 4.79 Å². The molecule has 2 aromatic rings. The lowest BCUT2D eigenvalue weighted by molar-refractivity contribution is 0.312. The van der Waals surface area contributed by atoms with Crippen LogP contribution >= 0.6 is 0 Å². The number of benzene rings is 1. The Morgan fingerprint density at radius 1 is 1.36 bits per heavy atom. The molecule has 0 saturated carbocycles. The van der Waals surface area contributed by atoms with Crippen LogP contribution in [0.25, 0.3) is 11.4 Å². The van der Waals surface area contributed by atoms with E-state index in [0.29, 0.717) is 42.5 Å². The van der Waals surface area contributed by atoms with E-state index in [4.69, 9.17) is 15.2 Å². The molecule has 3 N–H and O–H groups in total. The van der Waals surface area contributed by atoms with Crippen molar-refractivity contribution in [1.29, 1.82) is 0 Å². The Bertz CT molecular complexity index is 683. The van der Waals surface area contributed by atoms with E-state index < -0.39 is 0 Å². The van der Waals surface area contributed by atoms with Crippen LogP contribution in [0.15, 0.2) is 29.1 Å². The number of para-hydroxylation sites is 1. The minimum atomic E-state index is -0.192. The smallest absolute Gasteiger partial charge is 0.251 e. The van der Waals surface area contributed by atoms with E-state index in [2.05, 4.69) is 9.97 Å². The van der Waals surface area contributed by atoms with Gasteiger partial charge in [-0.05, 0) is 38.4 Å². The third kappa shape index (κ3) is 3.65. The summed E-state index contributed by atoms with van der Waals surface area (Å²) in [5, 5.41) is 0. The van der Waals surface area contributed by atoms with Crippen LogP contribution < -0.4 is 20.8 Å². The van der Waals surface area contributed by atoms with Crippen molar-refractivity contribution in [2.24, 2.45) is 5.73 Å². The number of ether oxygens (including phenoxy) is 2. The first-order valence-corrected chi connectivity index (χ1v) is 7.30. The van der Waals surface area contributed by atoms with Gasteiger partial charge in [-0.1, -0.05) is 6.07 Å². The van der Waals surface area contributed by atoms with Crippen LogP contribution in [-0.2, 0) is 6.42 Å². The van der Waals surface area contributed by atoms with Crippen LogP contribution in [0.4, 0.5) is 0 Å². The standard InChI is InChI=1S/C16H21N3O3/c1-3-22-15-12(7-4-8-13(15)21-2)16-18-11(6-5-9-17)10-14(20)19-16/h4,7-8,10H,3,5-6,9,17H2,1-2H3,(H,18,19,20). The average Bonchev–Trinajstić information content (AvgIpc) is 2.53. The molecule has 1 aromatic heterocycles. The van der Waals surface area contributed by atoms with Crippen molar-refractivity contribution in [1.82, 2.24) is 9.97 Å². The van der Waals surface area contributed by atoms with Crippen LogP contribution in [0.3, 0.4) is 0 Å². The maximum absolute atomic E-state index is 11.9. The number of aromatic amines is 1. The van der Waals surface area contributed by atoms with Crippen molar-refractivity contribution in [2.45, 2.75) is 19.8 Å². The van der Waals surface area contributed by atoms with Crippen molar-refractivity contribution in [3.05, 3.63) is 40.3 Å². The van der Waals surface area contributed by atoms with E-state index in [1.54, 1.807) is 7.11 Å². The molecule has 0 bridgehead atoms. The predicted octanol–water partition coefficient (Wildman–Crippen LogP) is 1.74. The monoisotopic (exact) mass is 303 g/mol. The van der Waals surface area contributed by atoms with E-state index in [0.717, 1.165) is 12.1 Å². The topological polar surface area (TPSA) is 90.2 Å². The highest BCUT2D eigenvalue weighted by Crippen LogP contribution is 2.36. The predicted molar refractivity (Wildman–Crippen MR) is 85.4 cm³/mol. The molecule has 0 aliphatic rings. The van der Waals surface area contributed by atoms with Gasteiger partial charge in [0.15, 0.2) is 11.5 Å². The van der Waals surface area contributed by atoms with E-state index in [1.807, 2.05) is 25.1 Å². The molecule has 0 aliphatic heterocycles. The minimum absolute atomic E-state index is 0.192. The van der Waals surface area contributed by atoms with Gasteiger partial charge in [-0.15, -0.1) is 0 Å². The molecule has 0 amide bonds. The van der Waals surface area contributed by atoms with Gasteiger partial charge in [-0.25, -0.2) is 4.98 Å². The molecule has 0 saturated heterocycles. The summed E-state index contributed by atoms with van der Waals surface area (Å²) in [4.78, 5) is 19.1. The molecular weight excluding hydrogens is 282 g/mol. The van der Waals surface area contributed by atoms with Crippen LogP contribution in [-0.4, -0.2) is 30.2 Å². The highest BCUT2D eigenvalue weighted by molar-refractivity contribution is 5.68. The molecule has 0 atom stereocenters. The minimum Gasteiger partial charge on any atom is -0.493 e. The van der Waals surface area contributed by atoms with Crippen molar-refractivity contribution in [2.75, 3.05) is 20.3 Å². The van der Waals surface area contributed by atoms with Crippen LogP contribution in [0.5, 0.6) is 11.5 Å². The number of nitrogens with two attached hydrogens (primary N) is 1. The van der Waals surface area contributed by atoms with Crippen molar-refractivity contribution < 1.29 is 9.47 Å². The molecule has 118 valence electrons. The lowest BCUT2D eigenvalue weighted by atomic mass is 10.1. The second-order valence-corrected chi connectivity index (χ2v) is 4.75. The summed E-state index contributed by atoms with van der Waals surface area (Å²) in [5.41, 5.74) is 6.74. The Balaban J connectivity index is 2.51. The fraction of sp³-hybridized carbons (Fsp3) is 0.375. The molecule has 2 rings (SSSR count). The lowest BCUT2D eigenvalue weighted by Gasteiger charge is -2.14. The van der Waals surface area contributed by atoms with Crippen LogP contribution in [0.1, 0.15) is 19.0 Å². The molecule has 0 radical (unpaired) electrons. The second-order valence-electron chi connectivity index (χ2n) is 4.75. The van der Waals surface area contributed by atoms with E-state index >= 15 is 0 Å². The molecule has 0 aliphatic carbocycles. The number of hydrogen-bond acceptors (Lipinski definition) is 5. The SMILES string of the molecule is CCOc1c(OC)cccc1-c1nc(CCCN)cc(=O)[nH]1. The molecule has 0 unspecified atom stereocenters. The van der Waals surface area contributed by atoms with Gasteiger partial charge in [0, 0.05) is 11.8 Å². The third-order valence-corrected chi connectivity index (χ3v) is 3.17. The molecule has 22 heavy (non-hydrogen) atoms. The number of H-pyrrole nitrogens is 1. The maximum atomic E-state index is 11.9. The van der Waals surface area contributed by atoms with Gasteiger partial charge in [0.25, 0.3) is 5.56 Å². The quantitative estimate of drug-likeness (QED) is 0.813. The van der Waals surface area contributed by atoms with Gasteiger partial charge in [0.05, 0.1) is 19.3 Å². The normalized spacial score (nSPS) is 10.5. The van der Waals surface area contributed by atoms with Gasteiger partial charge in [0.2, 0.25) is 0 Å². The molecule has 1 aromatic carbocycles. The third-order valence-electron chi connectivity index (χ3n) is 3.17. The number of methoxy groups -OCH3 is 1. The zero-order valence-corrected chi connectivity index (χ0v) is 12.9. The van der Waals surface area contributed by atoms with Gasteiger partial charge < -0.3 is 20.2 Å². The zero-order chi connectivity index (χ0) is 15.9. The number of hydrogen-bond donors (Lipinski definition) is 2. The van der Waals surface area contributed by atoms with E-state index in [1.165, 1.54) is 6.07 Å². The summed E-state index contributed by atoms with van der Waals surface area (Å²) in [6.07, 6.45) is 1.45. The molecular formula is C16H21N3O3. The first-order valence-electron chi connectivity index (χ1n) is 7.30. The fourth-order valence-corrected chi connectivity index (χ4v) is 2.20. The Kier molecular flexibility index (Phi) is 5.55. The summed E-state index contributed by atoms with van der Waals surface area (Å²) < 4.78 is 11.0. The molecule has 6 heteroatoms. The number of aryl methyl sites for hydroxylation is 1. The molecule has 1 heterocycles. The Morgan fingerprint density at radius 2 is 2.18 bits per heavy atom. The van der Waals surface area contributed by atoms with Gasteiger partial charge >= 0.3 is 0 Å². The second kappa shape index (κ2) is 7.61. The summed E-state index contributed by atoms with van der Waals surface area (Å²) in [6.45, 7) is 2.95. The van der Waals surface area contributed by atoms with Gasteiger partial charge in [-0.2, -0.15) is 0 Å². The van der Waals surface area contributed by atoms with Gasteiger partial charge in [-0.3, -0.25) is 4.79 Å². The summed E-state index contributed by atoms with van der Waals surface area (Å²) in [6, 6.07) is 6.99. The number of nitrogens with one attached hydrogen (secondary N) is 1. The first-order chi connectivity index (χ1) is 10.7. The Morgan fingerprint density at radius 3 is 2.86 bits per heavy atom. The summed E-state index contributed by atoms with van der Waals surface area (Å²) in [5.74, 6) is 1.66. The maximum Gasteiger partial charge on any atom is 0.251 e. The highest BCUT2D eigenvalue weighted by Gasteiger charge is 2.14. The lowest BCUT2D eigenvalue weighted by Crippen LogP contribution is -2.12. The van der Waals surface area contributed by atoms with Crippen LogP contribution in [0, 0.1) is 0 Å². The Labute approximate surface area is 129 Å². The largest absolute Gasteiger partial charge is 0.493 e. The number of aromatic nitrogens is 2. The summed E-state index contributed by atoms with van der Waals surface area (Å²) in [7, 11) is 1.58. The van der Waals surface area contributed by atoms with E-state index in [-0.39, 0.29) is 5.56 Å². The van der Waals surface area contributed by atoms with Crippen LogP contribution in [0.2, 0.25) is 0 Å².